The van der Waals surface area contributed by atoms with Crippen molar-refractivity contribution in [2.24, 2.45) is 5.92 Å². The molecule has 0 saturated heterocycles. The molecule has 1 aliphatic carbocycles. The zero-order valence-corrected chi connectivity index (χ0v) is 11.6. The van der Waals surface area contributed by atoms with Crippen molar-refractivity contribution in [3.8, 4) is 5.88 Å². The molecule has 3 rings (SSSR count). The summed E-state index contributed by atoms with van der Waals surface area (Å²) < 4.78 is 5.73. The predicted molar refractivity (Wildman–Crippen MR) is 78.5 cm³/mol. The van der Waals surface area contributed by atoms with Gasteiger partial charge in [-0.05, 0) is 30.4 Å². The van der Waals surface area contributed by atoms with E-state index in [1.165, 1.54) is 24.2 Å². The first-order valence-electron chi connectivity index (χ1n) is 6.67. The van der Waals surface area contributed by atoms with E-state index >= 15 is 0 Å². The van der Waals surface area contributed by atoms with Crippen LogP contribution < -0.4 is 4.74 Å². The number of nitrogens with zero attached hydrogens (tertiary/aromatic N) is 1. The molecule has 1 aromatic heterocycles. The third-order valence-electron chi connectivity index (χ3n) is 3.09. The molecule has 1 heterocycles. The Balaban J connectivity index is 1.56. The lowest BCUT2D eigenvalue weighted by Gasteiger charge is -2.06. The molecule has 0 aliphatic heterocycles. The van der Waals surface area contributed by atoms with Crippen LogP contribution in [-0.4, -0.2) is 10.7 Å². The maximum absolute atomic E-state index is 5.73. The Hall–Kier alpha value is -1.48. The minimum Gasteiger partial charge on any atom is -0.473 e. The third-order valence-corrected chi connectivity index (χ3v) is 4.25. The molecule has 0 radical (unpaired) electrons. The van der Waals surface area contributed by atoms with Gasteiger partial charge in [-0.1, -0.05) is 36.4 Å². The summed E-state index contributed by atoms with van der Waals surface area (Å²) in [7, 11) is 0. The van der Waals surface area contributed by atoms with Gasteiger partial charge in [-0.3, -0.25) is 0 Å². The van der Waals surface area contributed by atoms with E-state index in [0.717, 1.165) is 10.9 Å². The summed E-state index contributed by atoms with van der Waals surface area (Å²) in [6.07, 6.45) is 2.77. The molecule has 98 valence electrons. The Morgan fingerprint density at radius 1 is 1.05 bits per heavy atom. The smallest absolute Gasteiger partial charge is 0.214 e. The number of benzene rings is 1. The van der Waals surface area contributed by atoms with Crippen molar-refractivity contribution in [2.45, 2.75) is 24.5 Å². The summed E-state index contributed by atoms with van der Waals surface area (Å²) in [6, 6.07) is 16.2. The van der Waals surface area contributed by atoms with Gasteiger partial charge in [0.1, 0.15) is 11.6 Å². The number of rotatable bonds is 6. The molecule has 19 heavy (non-hydrogen) atoms. The Morgan fingerprint density at radius 3 is 2.68 bits per heavy atom. The van der Waals surface area contributed by atoms with Crippen molar-refractivity contribution < 1.29 is 4.74 Å². The van der Waals surface area contributed by atoms with Crippen molar-refractivity contribution in [3.63, 3.8) is 0 Å². The minimum atomic E-state index is 0.574. The van der Waals surface area contributed by atoms with Gasteiger partial charge in [0.05, 0.1) is 0 Å². The van der Waals surface area contributed by atoms with Crippen LogP contribution in [0.2, 0.25) is 0 Å². The van der Waals surface area contributed by atoms with Crippen LogP contribution in [0.4, 0.5) is 0 Å². The molecule has 2 nitrogen and oxygen atoms in total. The van der Waals surface area contributed by atoms with Crippen LogP contribution in [0.1, 0.15) is 18.4 Å². The number of aromatic nitrogens is 1. The highest BCUT2D eigenvalue weighted by molar-refractivity contribution is 7.99. The third kappa shape index (κ3) is 4.00. The van der Waals surface area contributed by atoms with E-state index in [9.17, 15) is 0 Å². The molecular weight excluding hydrogens is 254 g/mol. The lowest BCUT2D eigenvalue weighted by atomic mass is 10.2. The van der Waals surface area contributed by atoms with Crippen LogP contribution in [0.3, 0.4) is 0 Å². The lowest BCUT2D eigenvalue weighted by molar-refractivity contribution is 0.292. The topological polar surface area (TPSA) is 22.1 Å². The highest BCUT2D eigenvalue weighted by Crippen LogP contribution is 2.34. The zero-order valence-electron chi connectivity index (χ0n) is 10.8. The normalized spacial score (nSPS) is 14.3. The van der Waals surface area contributed by atoms with E-state index in [0.29, 0.717) is 12.5 Å². The summed E-state index contributed by atoms with van der Waals surface area (Å²) >= 11 is 1.84. The predicted octanol–water partition coefficient (Wildman–Crippen LogP) is 4.16. The van der Waals surface area contributed by atoms with Crippen molar-refractivity contribution in [3.05, 3.63) is 54.1 Å². The van der Waals surface area contributed by atoms with Crippen molar-refractivity contribution >= 4 is 11.8 Å². The summed E-state index contributed by atoms with van der Waals surface area (Å²) in [5.74, 6) is 2.82. The first-order valence-corrected chi connectivity index (χ1v) is 7.65. The fourth-order valence-corrected chi connectivity index (χ4v) is 2.85. The van der Waals surface area contributed by atoms with Gasteiger partial charge in [0.25, 0.3) is 0 Å². The highest BCUT2D eigenvalue weighted by Gasteiger charge is 2.21. The molecule has 1 aromatic carbocycles. The first kappa shape index (κ1) is 12.5. The van der Waals surface area contributed by atoms with Crippen molar-refractivity contribution in [1.29, 1.82) is 0 Å². The minimum absolute atomic E-state index is 0.574. The van der Waals surface area contributed by atoms with Crippen molar-refractivity contribution in [2.75, 3.05) is 5.75 Å². The molecule has 0 bridgehead atoms. The molecular formula is C16H17NOS. The second-order valence-corrected chi connectivity index (χ2v) is 5.88. The molecule has 0 N–H and O–H groups in total. The van der Waals surface area contributed by atoms with Crippen LogP contribution in [-0.2, 0) is 6.61 Å². The molecule has 3 heteroatoms. The molecule has 2 aromatic rings. The Morgan fingerprint density at radius 2 is 1.89 bits per heavy atom. The van der Waals surface area contributed by atoms with Gasteiger partial charge in [0.2, 0.25) is 5.88 Å². The largest absolute Gasteiger partial charge is 0.473 e. The number of pyridine rings is 1. The molecule has 0 amide bonds. The quantitative estimate of drug-likeness (QED) is 0.736. The van der Waals surface area contributed by atoms with E-state index in [1.807, 2.05) is 42.1 Å². The fraction of sp³-hybridized carbons (Fsp3) is 0.312. The van der Waals surface area contributed by atoms with E-state index in [1.54, 1.807) is 0 Å². The van der Waals surface area contributed by atoms with Crippen LogP contribution in [0.15, 0.2) is 53.6 Å². The van der Waals surface area contributed by atoms with Crippen LogP contribution in [0.5, 0.6) is 5.88 Å². The average molecular weight is 271 g/mol. The second-order valence-electron chi connectivity index (χ2n) is 4.84. The molecule has 1 fully saturated rings. The van der Waals surface area contributed by atoms with Gasteiger partial charge in [-0.25, -0.2) is 4.98 Å². The molecule has 0 spiro atoms. The van der Waals surface area contributed by atoms with Crippen LogP contribution >= 0.6 is 11.8 Å². The molecule has 1 saturated carbocycles. The van der Waals surface area contributed by atoms with E-state index < -0.39 is 0 Å². The average Bonchev–Trinajstić information content (AvgIpc) is 3.29. The lowest BCUT2D eigenvalue weighted by Crippen LogP contribution is -1.97. The van der Waals surface area contributed by atoms with Crippen LogP contribution in [0.25, 0.3) is 0 Å². The van der Waals surface area contributed by atoms with Gasteiger partial charge in [-0.2, -0.15) is 0 Å². The Labute approximate surface area is 118 Å². The van der Waals surface area contributed by atoms with Gasteiger partial charge in [0, 0.05) is 11.8 Å². The Bertz CT molecular complexity index is 525. The summed E-state index contributed by atoms with van der Waals surface area (Å²) in [6.45, 7) is 0.574. The monoisotopic (exact) mass is 271 g/mol. The van der Waals surface area contributed by atoms with Crippen molar-refractivity contribution in [1.82, 2.24) is 4.98 Å². The van der Waals surface area contributed by atoms with Gasteiger partial charge in [-0.15, -0.1) is 11.8 Å². The van der Waals surface area contributed by atoms with Gasteiger partial charge >= 0.3 is 0 Å². The first-order chi connectivity index (χ1) is 9.40. The van der Waals surface area contributed by atoms with E-state index in [2.05, 4.69) is 23.2 Å². The number of thioether (sulfide) groups is 1. The SMILES string of the molecule is c1ccc(COc2cccc(SCC3CC3)n2)cc1. The van der Waals surface area contributed by atoms with Gasteiger partial charge < -0.3 is 4.74 Å². The number of ether oxygens (including phenoxy) is 1. The molecule has 0 unspecified atom stereocenters. The Kier molecular flexibility index (Phi) is 4.04. The van der Waals surface area contributed by atoms with Crippen LogP contribution in [0, 0.1) is 5.92 Å². The number of hydrogen-bond donors (Lipinski definition) is 0. The van der Waals surface area contributed by atoms with E-state index in [4.69, 9.17) is 4.74 Å². The standard InChI is InChI=1S/C16H17NOS/c1-2-5-13(6-3-1)11-18-15-7-4-8-16(17-15)19-12-14-9-10-14/h1-8,14H,9-12H2. The van der Waals surface area contributed by atoms with Gasteiger partial charge in [0.15, 0.2) is 0 Å². The maximum Gasteiger partial charge on any atom is 0.214 e. The summed E-state index contributed by atoms with van der Waals surface area (Å²) in [5.41, 5.74) is 1.17. The fourth-order valence-electron chi connectivity index (χ4n) is 1.78. The van der Waals surface area contributed by atoms with E-state index in [-0.39, 0.29) is 0 Å². The summed E-state index contributed by atoms with van der Waals surface area (Å²) in [4.78, 5) is 4.53. The highest BCUT2D eigenvalue weighted by atomic mass is 32.2. The zero-order chi connectivity index (χ0) is 12.9. The summed E-state index contributed by atoms with van der Waals surface area (Å²) in [5, 5.41) is 1.07. The second kappa shape index (κ2) is 6.11. The maximum atomic E-state index is 5.73. The molecule has 0 atom stereocenters. The number of hydrogen-bond acceptors (Lipinski definition) is 3. The molecule has 1 aliphatic rings.